The molecule has 9 heteroatoms. The average molecular weight is 487 g/mol. The Kier molecular flexibility index (Phi) is 6.44. The average Bonchev–Trinajstić information content (AvgIpc) is 2.91. The number of aromatic nitrogens is 1. The Morgan fingerprint density at radius 2 is 1.83 bits per heavy atom. The van der Waals surface area contributed by atoms with Crippen LogP contribution in [0.5, 0.6) is 11.6 Å². The minimum atomic E-state index is -0.399. The molecule has 1 saturated heterocycles. The number of pyridine rings is 1. The van der Waals surface area contributed by atoms with Crippen LogP contribution in [0.25, 0.3) is 0 Å². The Morgan fingerprint density at radius 1 is 1.06 bits per heavy atom. The van der Waals surface area contributed by atoms with Gasteiger partial charge in [-0.15, -0.1) is 0 Å². The number of allylic oxidation sites excluding steroid dienone is 2. The van der Waals surface area contributed by atoms with E-state index in [1.165, 1.54) is 29.3 Å². The second-order valence-electron chi connectivity index (χ2n) is 8.60. The Morgan fingerprint density at radius 3 is 2.58 bits per heavy atom. The lowest BCUT2D eigenvalue weighted by molar-refractivity contribution is -0.139. The van der Waals surface area contributed by atoms with Crippen LogP contribution in [0.15, 0.2) is 79.0 Å². The number of amides is 3. The minimum Gasteiger partial charge on any atom is -0.439 e. The number of carbonyl (C=O) groups excluding carboxylic acids is 3. The van der Waals surface area contributed by atoms with E-state index in [1.807, 2.05) is 12.2 Å². The molecule has 2 unspecified atom stereocenters. The van der Waals surface area contributed by atoms with Crippen LogP contribution in [0.2, 0.25) is 0 Å². The number of nitrogens with zero attached hydrogens (tertiary/aromatic N) is 2. The largest absolute Gasteiger partial charge is 0.439 e. The van der Waals surface area contributed by atoms with Crippen molar-refractivity contribution in [1.29, 1.82) is 0 Å². The van der Waals surface area contributed by atoms with Crippen LogP contribution in [0, 0.1) is 17.7 Å². The Hall–Kier alpha value is -4.53. The fraction of sp³-hybridized carbons (Fsp3) is 0.185. The lowest BCUT2D eigenvalue weighted by Gasteiger charge is -2.38. The van der Waals surface area contributed by atoms with E-state index in [-0.39, 0.29) is 36.0 Å². The van der Waals surface area contributed by atoms with Gasteiger partial charge < -0.3 is 10.1 Å². The van der Waals surface area contributed by atoms with E-state index in [2.05, 4.69) is 15.7 Å². The molecule has 2 atom stereocenters. The topological polar surface area (TPSA) is 101 Å². The molecule has 2 aliphatic rings. The summed E-state index contributed by atoms with van der Waals surface area (Å²) in [5, 5.41) is 4.06. The fourth-order valence-corrected chi connectivity index (χ4v) is 4.25. The van der Waals surface area contributed by atoms with Crippen molar-refractivity contribution >= 4 is 23.4 Å². The summed E-state index contributed by atoms with van der Waals surface area (Å²) in [5.74, 6) is -1.02. The van der Waals surface area contributed by atoms with Crippen molar-refractivity contribution in [3.8, 4) is 11.6 Å². The van der Waals surface area contributed by atoms with Gasteiger partial charge in [0.25, 0.3) is 5.91 Å². The number of halogens is 1. The van der Waals surface area contributed by atoms with E-state index in [1.54, 1.807) is 42.6 Å². The Labute approximate surface area is 206 Å². The number of carbonyl (C=O) groups is 3. The molecule has 0 spiro atoms. The van der Waals surface area contributed by atoms with Gasteiger partial charge >= 0.3 is 0 Å². The molecule has 1 aliphatic heterocycles. The van der Waals surface area contributed by atoms with E-state index < -0.39 is 5.92 Å². The molecule has 5 rings (SSSR count). The van der Waals surface area contributed by atoms with E-state index in [0.29, 0.717) is 35.7 Å². The molecule has 8 nitrogen and oxygen atoms in total. The SMILES string of the molecule is O=C(NCc1ccc(Oc2ccc(F)cc2)nc1)c1cccc(N2NC(=O)C3CC=CCC3C2=O)c1. The molecule has 182 valence electrons. The highest BCUT2D eigenvalue weighted by Gasteiger charge is 2.42. The molecule has 2 aromatic carbocycles. The van der Waals surface area contributed by atoms with Crippen LogP contribution >= 0.6 is 0 Å². The number of nitrogens with one attached hydrogen (secondary N) is 2. The maximum atomic E-state index is 13.0. The van der Waals surface area contributed by atoms with Crippen LogP contribution in [0.3, 0.4) is 0 Å². The van der Waals surface area contributed by atoms with Gasteiger partial charge in [0, 0.05) is 24.4 Å². The van der Waals surface area contributed by atoms with Crippen LogP contribution < -0.4 is 20.5 Å². The van der Waals surface area contributed by atoms with Crippen LogP contribution in [-0.2, 0) is 16.1 Å². The second kappa shape index (κ2) is 9.99. The standard InChI is InChI=1S/C27H23FN4O4/c28-19-9-11-21(12-10-19)36-24-13-8-17(15-29-24)16-30-25(33)18-4-3-5-20(14-18)32-27(35)23-7-2-1-6-22(23)26(34)31-32/h1-5,8-15,22-23H,6-7,16H2,(H,30,33)(H,31,34). The van der Waals surface area contributed by atoms with Gasteiger partial charge in [-0.3, -0.25) is 19.8 Å². The van der Waals surface area contributed by atoms with E-state index in [9.17, 15) is 18.8 Å². The molecule has 0 bridgehead atoms. The van der Waals surface area contributed by atoms with Crippen molar-refractivity contribution < 1.29 is 23.5 Å². The van der Waals surface area contributed by atoms with Crippen LogP contribution in [-0.4, -0.2) is 22.7 Å². The monoisotopic (exact) mass is 486 g/mol. The third kappa shape index (κ3) is 4.95. The van der Waals surface area contributed by atoms with Gasteiger partial charge in [-0.25, -0.2) is 14.4 Å². The summed E-state index contributed by atoms with van der Waals surface area (Å²) in [6.07, 6.45) is 6.50. The highest BCUT2D eigenvalue weighted by Crippen LogP contribution is 2.32. The van der Waals surface area contributed by atoms with Crippen molar-refractivity contribution in [3.05, 3.63) is 96.0 Å². The lowest BCUT2D eigenvalue weighted by Crippen LogP contribution is -2.59. The van der Waals surface area contributed by atoms with Gasteiger partial charge in [-0.1, -0.05) is 24.3 Å². The summed E-state index contributed by atoms with van der Waals surface area (Å²) < 4.78 is 18.6. The zero-order valence-corrected chi connectivity index (χ0v) is 19.2. The second-order valence-corrected chi connectivity index (χ2v) is 8.60. The zero-order chi connectivity index (χ0) is 25.1. The van der Waals surface area contributed by atoms with Crippen molar-refractivity contribution in [2.75, 3.05) is 5.01 Å². The number of rotatable bonds is 6. The van der Waals surface area contributed by atoms with Gasteiger partial charge in [0.2, 0.25) is 17.7 Å². The van der Waals surface area contributed by atoms with E-state index in [4.69, 9.17) is 4.74 Å². The van der Waals surface area contributed by atoms with Crippen molar-refractivity contribution in [3.63, 3.8) is 0 Å². The van der Waals surface area contributed by atoms with Crippen LogP contribution in [0.4, 0.5) is 10.1 Å². The Bertz CT molecular complexity index is 1320. The van der Waals surface area contributed by atoms with E-state index in [0.717, 1.165) is 5.56 Å². The van der Waals surface area contributed by atoms with Gasteiger partial charge in [0.05, 0.1) is 17.5 Å². The molecule has 0 radical (unpaired) electrons. The first-order valence-corrected chi connectivity index (χ1v) is 11.5. The van der Waals surface area contributed by atoms with Crippen LogP contribution in [0.1, 0.15) is 28.8 Å². The minimum absolute atomic E-state index is 0.185. The molecule has 1 aromatic heterocycles. The number of anilines is 1. The van der Waals surface area contributed by atoms with Gasteiger partial charge in [0.15, 0.2) is 0 Å². The number of hydrazine groups is 1. The molecule has 1 aliphatic carbocycles. The number of hydrogen-bond acceptors (Lipinski definition) is 5. The third-order valence-corrected chi connectivity index (χ3v) is 6.18. The summed E-state index contributed by atoms with van der Waals surface area (Å²) in [5.41, 5.74) is 4.20. The molecule has 2 heterocycles. The summed E-state index contributed by atoms with van der Waals surface area (Å²) in [6, 6.07) is 15.6. The summed E-state index contributed by atoms with van der Waals surface area (Å²) >= 11 is 0. The number of fused-ring (bicyclic) bond motifs is 1. The van der Waals surface area contributed by atoms with Gasteiger partial charge in [-0.05, 0) is 60.9 Å². The summed E-state index contributed by atoms with van der Waals surface area (Å²) in [4.78, 5) is 42.5. The summed E-state index contributed by atoms with van der Waals surface area (Å²) in [7, 11) is 0. The molecule has 3 aromatic rings. The highest BCUT2D eigenvalue weighted by atomic mass is 19.1. The molecule has 2 N–H and O–H groups in total. The Balaban J connectivity index is 1.21. The molecular formula is C27H23FN4O4. The van der Waals surface area contributed by atoms with Crippen molar-refractivity contribution in [2.45, 2.75) is 19.4 Å². The first-order valence-electron chi connectivity index (χ1n) is 11.5. The van der Waals surface area contributed by atoms with E-state index >= 15 is 0 Å². The maximum Gasteiger partial charge on any atom is 0.251 e. The predicted octanol–water partition coefficient (Wildman–Crippen LogP) is 3.90. The quantitative estimate of drug-likeness (QED) is 0.515. The van der Waals surface area contributed by atoms with Gasteiger partial charge in [-0.2, -0.15) is 0 Å². The number of benzene rings is 2. The fourth-order valence-electron chi connectivity index (χ4n) is 4.25. The number of hydrogen-bond donors (Lipinski definition) is 2. The molecular weight excluding hydrogens is 463 g/mol. The first kappa shape index (κ1) is 23.2. The lowest BCUT2D eigenvalue weighted by atomic mass is 9.80. The molecule has 1 fully saturated rings. The molecule has 3 amide bonds. The highest BCUT2D eigenvalue weighted by molar-refractivity contribution is 6.05. The third-order valence-electron chi connectivity index (χ3n) is 6.18. The number of ether oxygens (including phenoxy) is 1. The van der Waals surface area contributed by atoms with Gasteiger partial charge in [0.1, 0.15) is 11.6 Å². The smallest absolute Gasteiger partial charge is 0.251 e. The van der Waals surface area contributed by atoms with Crippen molar-refractivity contribution in [1.82, 2.24) is 15.7 Å². The predicted molar refractivity (Wildman–Crippen MR) is 129 cm³/mol. The maximum absolute atomic E-state index is 13.0. The molecule has 0 saturated carbocycles. The van der Waals surface area contributed by atoms with Crippen molar-refractivity contribution in [2.24, 2.45) is 11.8 Å². The summed E-state index contributed by atoms with van der Waals surface area (Å²) in [6.45, 7) is 0.225. The zero-order valence-electron chi connectivity index (χ0n) is 19.2. The molecule has 36 heavy (non-hydrogen) atoms. The normalized spacial score (nSPS) is 18.9. The first-order chi connectivity index (χ1) is 17.5.